The molecule has 108 valence electrons. The van der Waals surface area contributed by atoms with Crippen molar-refractivity contribution in [3.05, 3.63) is 58.7 Å². The summed E-state index contributed by atoms with van der Waals surface area (Å²) < 4.78 is 0. The fourth-order valence-electron chi connectivity index (χ4n) is 2.14. The van der Waals surface area contributed by atoms with Crippen molar-refractivity contribution in [3.8, 4) is 11.1 Å². The summed E-state index contributed by atoms with van der Waals surface area (Å²) in [6.45, 7) is 3.54. The molecule has 0 aliphatic heterocycles. The van der Waals surface area contributed by atoms with Crippen molar-refractivity contribution in [2.75, 3.05) is 0 Å². The summed E-state index contributed by atoms with van der Waals surface area (Å²) in [6.07, 6.45) is 0. The Bertz CT molecular complexity index is 690. The molecule has 0 heterocycles. The van der Waals surface area contributed by atoms with Crippen LogP contribution in [0.2, 0.25) is 0 Å². The van der Waals surface area contributed by atoms with Crippen LogP contribution in [0.1, 0.15) is 31.8 Å². The van der Waals surface area contributed by atoms with Gasteiger partial charge in [0, 0.05) is 5.56 Å². The van der Waals surface area contributed by atoms with Crippen LogP contribution in [0.3, 0.4) is 0 Å². The van der Waals surface area contributed by atoms with E-state index in [1.165, 1.54) is 18.2 Å². The second-order valence-electron chi connectivity index (χ2n) is 4.56. The molecule has 0 N–H and O–H groups in total. The average Bonchev–Trinajstić information content (AvgIpc) is 2.41. The van der Waals surface area contributed by atoms with Gasteiger partial charge >= 0.3 is 17.1 Å². The molecule has 4 nitrogen and oxygen atoms in total. The minimum atomic E-state index is -1.23. The number of aromatic carboxylic acids is 2. The molecular weight excluding hydrogens is 312 g/mol. The molecule has 0 saturated carbocycles. The Kier molecular flexibility index (Phi) is 5.30. The number of benzene rings is 2. The Balaban J connectivity index is 0.00000220. The zero-order valence-corrected chi connectivity index (χ0v) is 12.6. The molecule has 2 aromatic rings. The van der Waals surface area contributed by atoms with Gasteiger partial charge in [0.15, 0.2) is 0 Å². The Morgan fingerprint density at radius 1 is 0.810 bits per heavy atom. The second kappa shape index (κ2) is 6.57. The van der Waals surface area contributed by atoms with Gasteiger partial charge in [-0.05, 0) is 41.7 Å². The van der Waals surface area contributed by atoms with Gasteiger partial charge in [-0.3, -0.25) is 0 Å². The molecule has 21 heavy (non-hydrogen) atoms. The molecule has 0 aliphatic carbocycles. The van der Waals surface area contributed by atoms with Crippen molar-refractivity contribution in [3.63, 3.8) is 0 Å². The number of carboxylic acid groups (broad SMARTS) is 2. The first-order chi connectivity index (χ1) is 9.41. The Labute approximate surface area is 132 Å². The molecule has 0 aliphatic rings. The van der Waals surface area contributed by atoms with Crippen LogP contribution in [0.5, 0.6) is 0 Å². The molecule has 0 atom stereocenters. The summed E-state index contributed by atoms with van der Waals surface area (Å²) in [5, 5.41) is 21.7. The van der Waals surface area contributed by atoms with E-state index in [-0.39, 0.29) is 28.2 Å². The first kappa shape index (κ1) is 17.0. The average molecular weight is 324 g/mol. The third kappa shape index (κ3) is 3.32. The zero-order chi connectivity index (χ0) is 14.9. The number of hydrogen-bond acceptors (Lipinski definition) is 4. The quantitative estimate of drug-likeness (QED) is 0.778. The summed E-state index contributed by atoms with van der Waals surface area (Å²) >= 11 is 0. The predicted octanol–water partition coefficient (Wildman–Crippen LogP) is 0.695. The third-order valence-corrected chi connectivity index (χ3v) is 3.44. The van der Waals surface area contributed by atoms with Crippen LogP contribution >= 0.6 is 0 Å². The summed E-state index contributed by atoms with van der Waals surface area (Å²) in [4.78, 5) is 21.7. The van der Waals surface area contributed by atoms with Crippen LogP contribution in [0.15, 0.2) is 36.4 Å². The summed E-state index contributed by atoms with van der Waals surface area (Å²) in [7, 11) is 0. The number of carbonyl (C=O) groups is 2. The maximum absolute atomic E-state index is 11.0. The Morgan fingerprint density at radius 2 is 1.38 bits per heavy atom. The van der Waals surface area contributed by atoms with E-state index in [0.717, 1.165) is 16.7 Å². The van der Waals surface area contributed by atoms with Crippen LogP contribution in [0.4, 0.5) is 0 Å². The van der Waals surface area contributed by atoms with E-state index in [2.05, 4.69) is 0 Å². The zero-order valence-electron chi connectivity index (χ0n) is 11.5. The fourth-order valence-corrected chi connectivity index (χ4v) is 2.14. The molecule has 0 amide bonds. The van der Waals surface area contributed by atoms with Crippen molar-refractivity contribution in [1.82, 2.24) is 0 Å². The Morgan fingerprint density at radius 3 is 1.86 bits per heavy atom. The topological polar surface area (TPSA) is 80.3 Å². The van der Waals surface area contributed by atoms with E-state index >= 15 is 0 Å². The van der Waals surface area contributed by atoms with Crippen LogP contribution in [-0.4, -0.2) is 11.9 Å². The van der Waals surface area contributed by atoms with E-state index in [1.54, 1.807) is 25.1 Å². The molecule has 0 unspecified atom stereocenters. The van der Waals surface area contributed by atoms with Gasteiger partial charge in [-0.25, -0.2) is 0 Å². The maximum Gasteiger partial charge on any atom is 2.00 e. The molecule has 0 fully saturated rings. The van der Waals surface area contributed by atoms with E-state index in [1.807, 2.05) is 6.92 Å². The summed E-state index contributed by atoms with van der Waals surface area (Å²) in [6, 6.07) is 9.47. The van der Waals surface area contributed by atoms with Gasteiger partial charge in [-0.1, -0.05) is 36.4 Å². The first-order valence-electron chi connectivity index (χ1n) is 6.05. The maximum atomic E-state index is 11.0. The number of rotatable bonds is 3. The standard InChI is InChI=1S/C16H14O4.Fe/c1-9-10(2)14(16(19)20)8-7-13(9)11-3-5-12(6-4-11)15(17)18;/h3-8H,1-2H3,(H,17,18)(H,19,20);/q;+2/p-2. The van der Waals surface area contributed by atoms with Crippen molar-refractivity contribution < 1.29 is 36.9 Å². The summed E-state index contributed by atoms with van der Waals surface area (Å²) in [5.74, 6) is -2.43. The first-order valence-corrected chi connectivity index (χ1v) is 6.05. The minimum absolute atomic E-state index is 0. The van der Waals surface area contributed by atoms with Gasteiger partial charge in [0.25, 0.3) is 0 Å². The van der Waals surface area contributed by atoms with Gasteiger partial charge < -0.3 is 19.8 Å². The molecule has 2 aromatic carbocycles. The molecule has 0 aromatic heterocycles. The number of carbonyl (C=O) groups excluding carboxylic acids is 2. The fraction of sp³-hybridized carbons (Fsp3) is 0.125. The van der Waals surface area contributed by atoms with Gasteiger partial charge in [0.2, 0.25) is 0 Å². The molecule has 2 rings (SSSR count). The van der Waals surface area contributed by atoms with Gasteiger partial charge in [-0.2, -0.15) is 0 Å². The van der Waals surface area contributed by atoms with Crippen molar-refractivity contribution >= 4 is 11.9 Å². The third-order valence-electron chi connectivity index (χ3n) is 3.44. The molecule has 0 bridgehead atoms. The largest absolute Gasteiger partial charge is 2.00 e. The summed E-state index contributed by atoms with van der Waals surface area (Å²) in [5.41, 5.74) is 3.42. The van der Waals surface area contributed by atoms with Crippen LogP contribution < -0.4 is 10.2 Å². The number of carboxylic acids is 2. The number of hydrogen-bond donors (Lipinski definition) is 0. The van der Waals surface area contributed by atoms with Gasteiger partial charge in [0.05, 0.1) is 11.9 Å². The Hall–Kier alpha value is -2.10. The van der Waals surface area contributed by atoms with Crippen LogP contribution in [0, 0.1) is 13.8 Å². The second-order valence-corrected chi connectivity index (χ2v) is 4.56. The van der Waals surface area contributed by atoms with Gasteiger partial charge in [-0.15, -0.1) is 0 Å². The van der Waals surface area contributed by atoms with Crippen LogP contribution in [-0.2, 0) is 17.1 Å². The van der Waals surface area contributed by atoms with Crippen molar-refractivity contribution in [2.24, 2.45) is 0 Å². The molecule has 0 saturated heterocycles. The molecule has 0 radical (unpaired) electrons. The molecule has 5 heteroatoms. The van der Waals surface area contributed by atoms with E-state index in [0.29, 0.717) is 5.56 Å². The normalized spacial score (nSPS) is 9.81. The smallest absolute Gasteiger partial charge is 0.545 e. The minimum Gasteiger partial charge on any atom is -0.545 e. The molecular formula is C16H12FeO4. The van der Waals surface area contributed by atoms with Crippen LogP contribution in [0.25, 0.3) is 11.1 Å². The predicted molar refractivity (Wildman–Crippen MR) is 70.0 cm³/mol. The molecule has 0 spiro atoms. The van der Waals surface area contributed by atoms with E-state index in [4.69, 9.17) is 0 Å². The van der Waals surface area contributed by atoms with Crippen molar-refractivity contribution in [2.45, 2.75) is 13.8 Å². The van der Waals surface area contributed by atoms with E-state index in [9.17, 15) is 19.8 Å². The van der Waals surface area contributed by atoms with Gasteiger partial charge in [0.1, 0.15) is 0 Å². The van der Waals surface area contributed by atoms with Crippen molar-refractivity contribution in [1.29, 1.82) is 0 Å². The monoisotopic (exact) mass is 324 g/mol. The SMILES string of the molecule is Cc1c(C(=O)[O-])ccc(-c2ccc(C(=O)[O-])cc2)c1C.[Fe+2]. The van der Waals surface area contributed by atoms with E-state index < -0.39 is 11.9 Å².